The topological polar surface area (TPSA) is 94.3 Å². The highest BCUT2D eigenvalue weighted by Gasteiger charge is 2.35. The first-order chi connectivity index (χ1) is 18.0. The molecule has 37 heavy (non-hydrogen) atoms. The molecule has 4 aromatic rings. The van der Waals surface area contributed by atoms with Gasteiger partial charge in [-0.05, 0) is 61.4 Å². The van der Waals surface area contributed by atoms with Crippen LogP contribution in [0.25, 0.3) is 11.0 Å². The normalized spacial score (nSPS) is 14.9. The number of benzene rings is 2. The second-order valence-corrected chi connectivity index (χ2v) is 9.49. The number of hydrogen-bond donors (Lipinski definition) is 1. The van der Waals surface area contributed by atoms with Gasteiger partial charge in [0.15, 0.2) is 6.04 Å². The SMILES string of the molecule is COc1ccc(N(C(=O)Cn2nnc3ccccc32)[C@@H](C(=O)NC2CCCCC2)c2cccn2C)cc1. The Balaban J connectivity index is 1.55. The number of amides is 2. The Bertz CT molecular complexity index is 1370. The summed E-state index contributed by atoms with van der Waals surface area (Å²) in [7, 11) is 3.48. The number of methoxy groups -OCH3 is 1. The molecule has 5 rings (SSSR count). The molecule has 2 heterocycles. The fourth-order valence-corrected chi connectivity index (χ4v) is 5.09. The van der Waals surface area contributed by atoms with E-state index in [1.807, 2.05) is 54.2 Å². The van der Waals surface area contributed by atoms with Crippen molar-refractivity contribution in [3.8, 4) is 5.75 Å². The number of anilines is 1. The van der Waals surface area contributed by atoms with Crippen LogP contribution >= 0.6 is 0 Å². The molecule has 1 aliphatic rings. The zero-order valence-electron chi connectivity index (χ0n) is 21.2. The van der Waals surface area contributed by atoms with Gasteiger partial charge in [0.2, 0.25) is 11.8 Å². The van der Waals surface area contributed by atoms with Crippen molar-refractivity contribution in [2.45, 2.75) is 50.7 Å². The van der Waals surface area contributed by atoms with Gasteiger partial charge in [-0.2, -0.15) is 0 Å². The zero-order valence-corrected chi connectivity index (χ0v) is 21.2. The highest BCUT2D eigenvalue weighted by molar-refractivity contribution is 6.01. The van der Waals surface area contributed by atoms with Crippen LogP contribution in [0.15, 0.2) is 66.9 Å². The van der Waals surface area contributed by atoms with Gasteiger partial charge >= 0.3 is 0 Å². The fourth-order valence-electron chi connectivity index (χ4n) is 5.09. The van der Waals surface area contributed by atoms with Crippen LogP contribution in [0.4, 0.5) is 5.69 Å². The second kappa shape index (κ2) is 10.9. The summed E-state index contributed by atoms with van der Waals surface area (Å²) in [5, 5.41) is 11.6. The Labute approximate surface area is 216 Å². The Hall–Kier alpha value is -4.14. The van der Waals surface area contributed by atoms with E-state index in [0.717, 1.165) is 36.9 Å². The van der Waals surface area contributed by atoms with E-state index in [-0.39, 0.29) is 24.4 Å². The quantitative estimate of drug-likeness (QED) is 0.395. The Kier molecular flexibility index (Phi) is 7.20. The van der Waals surface area contributed by atoms with Crippen LogP contribution in [0.1, 0.15) is 43.8 Å². The lowest BCUT2D eigenvalue weighted by molar-refractivity contribution is -0.127. The van der Waals surface area contributed by atoms with Gasteiger partial charge in [0, 0.05) is 25.0 Å². The van der Waals surface area contributed by atoms with Gasteiger partial charge in [0.1, 0.15) is 17.8 Å². The molecule has 9 heteroatoms. The van der Waals surface area contributed by atoms with Gasteiger partial charge in [-0.1, -0.05) is 36.6 Å². The zero-order chi connectivity index (χ0) is 25.8. The van der Waals surface area contributed by atoms with Gasteiger partial charge in [0.25, 0.3) is 0 Å². The van der Waals surface area contributed by atoms with E-state index >= 15 is 0 Å². The van der Waals surface area contributed by atoms with E-state index in [1.54, 1.807) is 41.0 Å². The summed E-state index contributed by atoms with van der Waals surface area (Å²) >= 11 is 0. The van der Waals surface area contributed by atoms with E-state index in [0.29, 0.717) is 17.0 Å². The van der Waals surface area contributed by atoms with E-state index in [9.17, 15) is 9.59 Å². The number of rotatable bonds is 8. The summed E-state index contributed by atoms with van der Waals surface area (Å²) < 4.78 is 8.80. The maximum absolute atomic E-state index is 14.1. The molecule has 0 spiro atoms. The number of carbonyl (C=O) groups is 2. The number of para-hydroxylation sites is 1. The molecular weight excluding hydrogens is 468 g/mol. The van der Waals surface area contributed by atoms with Crippen LogP contribution in [0, 0.1) is 0 Å². The Morgan fingerprint density at radius 2 is 1.81 bits per heavy atom. The first kappa shape index (κ1) is 24.5. The van der Waals surface area contributed by atoms with Crippen LogP contribution in [-0.4, -0.2) is 44.5 Å². The summed E-state index contributed by atoms with van der Waals surface area (Å²) in [4.78, 5) is 29.6. The number of hydrogen-bond acceptors (Lipinski definition) is 5. The van der Waals surface area contributed by atoms with Crippen molar-refractivity contribution in [1.82, 2.24) is 24.9 Å². The molecule has 1 saturated carbocycles. The molecule has 0 radical (unpaired) electrons. The lowest BCUT2D eigenvalue weighted by Crippen LogP contribution is -2.48. The molecule has 2 aromatic carbocycles. The van der Waals surface area contributed by atoms with Gasteiger partial charge in [0.05, 0.1) is 18.3 Å². The number of nitrogens with one attached hydrogen (secondary N) is 1. The minimum Gasteiger partial charge on any atom is -0.497 e. The van der Waals surface area contributed by atoms with Crippen molar-refractivity contribution in [3.05, 3.63) is 72.6 Å². The van der Waals surface area contributed by atoms with Gasteiger partial charge < -0.3 is 14.6 Å². The van der Waals surface area contributed by atoms with Crippen LogP contribution in [0.5, 0.6) is 5.75 Å². The first-order valence-corrected chi connectivity index (χ1v) is 12.7. The van der Waals surface area contributed by atoms with Gasteiger partial charge in [-0.25, -0.2) is 4.68 Å². The molecule has 0 saturated heterocycles. The summed E-state index contributed by atoms with van der Waals surface area (Å²) in [5.74, 6) is 0.202. The predicted octanol–water partition coefficient (Wildman–Crippen LogP) is 4.00. The van der Waals surface area contributed by atoms with Gasteiger partial charge in [-0.15, -0.1) is 5.10 Å². The number of carbonyl (C=O) groups excluding carboxylic acids is 2. The summed E-state index contributed by atoms with van der Waals surface area (Å²) in [6.45, 7) is -0.0653. The molecule has 0 bridgehead atoms. The Morgan fingerprint density at radius 3 is 2.51 bits per heavy atom. The molecule has 1 aliphatic carbocycles. The van der Waals surface area contributed by atoms with Crippen LogP contribution in [0.3, 0.4) is 0 Å². The second-order valence-electron chi connectivity index (χ2n) is 9.49. The summed E-state index contributed by atoms with van der Waals surface area (Å²) in [6.07, 6.45) is 7.17. The molecular formula is C28H32N6O3. The summed E-state index contributed by atoms with van der Waals surface area (Å²) in [6, 6.07) is 17.7. The smallest absolute Gasteiger partial charge is 0.249 e. The average Bonchev–Trinajstić information content (AvgIpc) is 3.53. The molecule has 0 aliphatic heterocycles. The minimum absolute atomic E-state index is 0.0653. The first-order valence-electron chi connectivity index (χ1n) is 12.7. The molecule has 1 N–H and O–H groups in total. The molecule has 1 fully saturated rings. The van der Waals surface area contributed by atoms with Crippen LogP contribution in [0.2, 0.25) is 0 Å². The van der Waals surface area contributed by atoms with E-state index in [2.05, 4.69) is 15.6 Å². The van der Waals surface area contributed by atoms with Crippen LogP contribution in [-0.2, 0) is 23.2 Å². The number of aromatic nitrogens is 4. The molecule has 9 nitrogen and oxygen atoms in total. The lowest BCUT2D eigenvalue weighted by Gasteiger charge is -2.33. The molecule has 2 amide bonds. The van der Waals surface area contributed by atoms with Crippen molar-refractivity contribution in [1.29, 1.82) is 0 Å². The van der Waals surface area contributed by atoms with E-state index in [4.69, 9.17) is 4.74 Å². The third-order valence-electron chi connectivity index (χ3n) is 7.05. The third-order valence-corrected chi connectivity index (χ3v) is 7.05. The molecule has 192 valence electrons. The number of aryl methyl sites for hydroxylation is 1. The Morgan fingerprint density at radius 1 is 1.05 bits per heavy atom. The highest BCUT2D eigenvalue weighted by Crippen LogP contribution is 2.31. The maximum Gasteiger partial charge on any atom is 0.249 e. The molecule has 0 unspecified atom stereocenters. The molecule has 2 aromatic heterocycles. The van der Waals surface area contributed by atoms with Crippen molar-refractivity contribution in [3.63, 3.8) is 0 Å². The van der Waals surface area contributed by atoms with Crippen molar-refractivity contribution >= 4 is 28.5 Å². The van der Waals surface area contributed by atoms with Crippen LogP contribution < -0.4 is 15.0 Å². The lowest BCUT2D eigenvalue weighted by atomic mass is 9.95. The van der Waals surface area contributed by atoms with E-state index < -0.39 is 6.04 Å². The molecule has 1 atom stereocenters. The monoisotopic (exact) mass is 500 g/mol. The largest absolute Gasteiger partial charge is 0.497 e. The number of nitrogens with zero attached hydrogens (tertiary/aromatic N) is 5. The van der Waals surface area contributed by atoms with Gasteiger partial charge in [-0.3, -0.25) is 14.5 Å². The predicted molar refractivity (Wildman–Crippen MR) is 141 cm³/mol. The average molecular weight is 501 g/mol. The standard InChI is InChI=1S/C28H32N6O3/c1-32-18-8-13-25(32)27(28(36)29-20-9-4-3-5-10-20)34(21-14-16-22(37-2)17-15-21)26(35)19-33-24-12-7-6-11-23(24)30-31-33/h6-8,11-18,20,27H,3-5,9-10,19H2,1-2H3,(H,29,36)/t27-/m1/s1. The number of fused-ring (bicyclic) bond motifs is 1. The van der Waals surface area contributed by atoms with Crippen molar-refractivity contribution in [2.24, 2.45) is 7.05 Å². The highest BCUT2D eigenvalue weighted by atomic mass is 16.5. The van der Waals surface area contributed by atoms with Crippen molar-refractivity contribution < 1.29 is 14.3 Å². The van der Waals surface area contributed by atoms with E-state index in [1.165, 1.54) is 6.42 Å². The fraction of sp³-hybridized carbons (Fsp3) is 0.357. The minimum atomic E-state index is -0.863. The third kappa shape index (κ3) is 5.21. The number of ether oxygens (including phenoxy) is 1. The van der Waals surface area contributed by atoms with Crippen molar-refractivity contribution in [2.75, 3.05) is 12.0 Å². The maximum atomic E-state index is 14.1. The summed E-state index contributed by atoms with van der Waals surface area (Å²) in [5.41, 5.74) is 2.79.